The molecule has 4 rings (SSSR count). The Morgan fingerprint density at radius 2 is 1.76 bits per heavy atom. The standard InChI is InChI=1S/C19H19BrN4O/c1-23-8-10-24(11-9-23)19-14-4-2-3-5-16(14)21-18(22-19)15-12-13(20)6-7-17(15)25/h2-7,12,25H,8-11H2,1H3. The molecule has 25 heavy (non-hydrogen) atoms. The normalized spacial score (nSPS) is 15.7. The van der Waals surface area contributed by atoms with Gasteiger partial charge in [-0.1, -0.05) is 28.1 Å². The fourth-order valence-electron chi connectivity index (χ4n) is 3.13. The molecule has 0 saturated carbocycles. The lowest BCUT2D eigenvalue weighted by Crippen LogP contribution is -2.45. The molecule has 3 aromatic rings. The number of hydrogen-bond acceptors (Lipinski definition) is 5. The molecule has 0 spiro atoms. The summed E-state index contributed by atoms with van der Waals surface area (Å²) in [5.74, 6) is 1.67. The molecule has 2 aromatic carbocycles. The maximum atomic E-state index is 10.3. The molecule has 0 bridgehead atoms. The maximum Gasteiger partial charge on any atom is 0.165 e. The van der Waals surface area contributed by atoms with Crippen molar-refractivity contribution in [3.05, 3.63) is 46.9 Å². The first kappa shape index (κ1) is 16.3. The van der Waals surface area contributed by atoms with E-state index in [1.165, 1.54) is 0 Å². The van der Waals surface area contributed by atoms with Crippen LogP contribution in [0.2, 0.25) is 0 Å². The Morgan fingerprint density at radius 1 is 1.00 bits per heavy atom. The number of aromatic hydroxyl groups is 1. The van der Waals surface area contributed by atoms with Gasteiger partial charge in [0, 0.05) is 36.0 Å². The molecule has 0 aliphatic carbocycles. The van der Waals surface area contributed by atoms with Gasteiger partial charge in [-0.3, -0.25) is 0 Å². The molecule has 1 aliphatic rings. The van der Waals surface area contributed by atoms with Gasteiger partial charge in [-0.2, -0.15) is 0 Å². The Hall–Kier alpha value is -2.18. The number of aromatic nitrogens is 2. The van der Waals surface area contributed by atoms with Crippen molar-refractivity contribution >= 4 is 32.7 Å². The number of para-hydroxylation sites is 1. The van der Waals surface area contributed by atoms with Crippen molar-refractivity contribution in [3.8, 4) is 17.1 Å². The smallest absolute Gasteiger partial charge is 0.165 e. The minimum atomic E-state index is 0.183. The molecule has 1 aliphatic heterocycles. The summed E-state index contributed by atoms with van der Waals surface area (Å²) in [4.78, 5) is 14.2. The zero-order valence-corrected chi connectivity index (χ0v) is 15.6. The third-order valence-corrected chi connectivity index (χ3v) is 5.08. The van der Waals surface area contributed by atoms with E-state index in [0.29, 0.717) is 11.4 Å². The number of fused-ring (bicyclic) bond motifs is 1. The van der Waals surface area contributed by atoms with Gasteiger partial charge in [-0.25, -0.2) is 9.97 Å². The van der Waals surface area contributed by atoms with Gasteiger partial charge in [-0.05, 0) is 37.4 Å². The summed E-state index contributed by atoms with van der Waals surface area (Å²) >= 11 is 3.46. The van der Waals surface area contributed by atoms with Gasteiger partial charge < -0.3 is 14.9 Å². The van der Waals surface area contributed by atoms with E-state index >= 15 is 0 Å². The largest absolute Gasteiger partial charge is 0.507 e. The molecule has 0 amide bonds. The SMILES string of the molecule is CN1CCN(c2nc(-c3cc(Br)ccc3O)nc3ccccc23)CC1. The fourth-order valence-corrected chi connectivity index (χ4v) is 3.49. The Bertz CT molecular complexity index is 922. The highest BCUT2D eigenvalue weighted by Crippen LogP contribution is 2.33. The van der Waals surface area contributed by atoms with E-state index in [9.17, 15) is 5.11 Å². The quantitative estimate of drug-likeness (QED) is 0.715. The highest BCUT2D eigenvalue weighted by Gasteiger charge is 2.20. The zero-order valence-electron chi connectivity index (χ0n) is 14.0. The first-order valence-corrected chi connectivity index (χ1v) is 9.10. The first-order chi connectivity index (χ1) is 12.1. The van der Waals surface area contributed by atoms with Crippen molar-refractivity contribution in [1.29, 1.82) is 0 Å². The molecular weight excluding hydrogens is 380 g/mol. The third kappa shape index (κ3) is 3.19. The van der Waals surface area contributed by atoms with Gasteiger partial charge in [0.1, 0.15) is 11.6 Å². The molecule has 0 unspecified atom stereocenters. The third-order valence-electron chi connectivity index (χ3n) is 4.59. The molecule has 1 aromatic heterocycles. The van der Waals surface area contributed by atoms with Crippen LogP contribution in [0.3, 0.4) is 0 Å². The van der Waals surface area contributed by atoms with Gasteiger partial charge in [0.2, 0.25) is 0 Å². The lowest BCUT2D eigenvalue weighted by Gasteiger charge is -2.33. The zero-order chi connectivity index (χ0) is 17.4. The second-order valence-corrected chi connectivity index (χ2v) is 7.26. The van der Waals surface area contributed by atoms with Crippen LogP contribution in [0.25, 0.3) is 22.3 Å². The number of phenolic OH excluding ortho intramolecular Hbond substituents is 1. The number of nitrogens with zero attached hydrogens (tertiary/aromatic N) is 4. The second-order valence-electron chi connectivity index (χ2n) is 6.34. The number of anilines is 1. The predicted octanol–water partition coefficient (Wildman–Crippen LogP) is 3.52. The summed E-state index contributed by atoms with van der Waals surface area (Å²) in [6, 6.07) is 13.4. The van der Waals surface area contributed by atoms with Crippen LogP contribution in [-0.2, 0) is 0 Å². The van der Waals surface area contributed by atoms with E-state index in [1.54, 1.807) is 12.1 Å². The first-order valence-electron chi connectivity index (χ1n) is 8.31. The number of rotatable bonds is 2. The van der Waals surface area contributed by atoms with Gasteiger partial charge in [0.05, 0.1) is 11.1 Å². The van der Waals surface area contributed by atoms with Crippen LogP contribution in [-0.4, -0.2) is 53.2 Å². The van der Waals surface area contributed by atoms with E-state index in [4.69, 9.17) is 4.98 Å². The van der Waals surface area contributed by atoms with Crippen molar-refractivity contribution in [3.63, 3.8) is 0 Å². The van der Waals surface area contributed by atoms with Gasteiger partial charge in [0.25, 0.3) is 0 Å². The number of halogens is 1. The van der Waals surface area contributed by atoms with Crippen LogP contribution < -0.4 is 4.90 Å². The van der Waals surface area contributed by atoms with E-state index in [2.05, 4.69) is 43.8 Å². The highest BCUT2D eigenvalue weighted by molar-refractivity contribution is 9.10. The number of likely N-dealkylation sites (N-methyl/N-ethyl adjacent to an activating group) is 1. The summed E-state index contributed by atoms with van der Waals surface area (Å²) in [6.07, 6.45) is 0. The van der Waals surface area contributed by atoms with Crippen LogP contribution >= 0.6 is 15.9 Å². The van der Waals surface area contributed by atoms with Gasteiger partial charge in [0.15, 0.2) is 5.82 Å². The number of hydrogen-bond donors (Lipinski definition) is 1. The minimum absolute atomic E-state index is 0.183. The number of piperazine rings is 1. The molecule has 1 N–H and O–H groups in total. The van der Waals surface area contributed by atoms with Crippen LogP contribution in [0.5, 0.6) is 5.75 Å². The van der Waals surface area contributed by atoms with Gasteiger partial charge in [-0.15, -0.1) is 0 Å². The summed E-state index contributed by atoms with van der Waals surface area (Å²) in [5, 5.41) is 11.3. The maximum absolute atomic E-state index is 10.3. The molecule has 5 nitrogen and oxygen atoms in total. The monoisotopic (exact) mass is 398 g/mol. The molecule has 128 valence electrons. The van der Waals surface area contributed by atoms with Crippen molar-refractivity contribution < 1.29 is 5.11 Å². The van der Waals surface area contributed by atoms with E-state index in [0.717, 1.165) is 47.4 Å². The molecule has 6 heteroatoms. The van der Waals surface area contributed by atoms with Crippen LogP contribution in [0.15, 0.2) is 46.9 Å². The molecule has 0 atom stereocenters. The van der Waals surface area contributed by atoms with E-state index < -0.39 is 0 Å². The Balaban J connectivity index is 1.88. The molecular formula is C19H19BrN4O. The Labute approximate surface area is 155 Å². The van der Waals surface area contributed by atoms with Crippen molar-refractivity contribution in [2.45, 2.75) is 0 Å². The average molecular weight is 399 g/mol. The summed E-state index contributed by atoms with van der Waals surface area (Å²) in [5.41, 5.74) is 1.52. The fraction of sp³-hybridized carbons (Fsp3) is 0.263. The lowest BCUT2D eigenvalue weighted by atomic mass is 10.1. The van der Waals surface area contributed by atoms with E-state index in [1.807, 2.05) is 24.3 Å². The molecule has 2 heterocycles. The van der Waals surface area contributed by atoms with Crippen LogP contribution in [0.4, 0.5) is 5.82 Å². The highest BCUT2D eigenvalue weighted by atomic mass is 79.9. The number of phenols is 1. The minimum Gasteiger partial charge on any atom is -0.507 e. The van der Waals surface area contributed by atoms with Crippen molar-refractivity contribution in [2.75, 3.05) is 38.1 Å². The molecule has 0 radical (unpaired) electrons. The van der Waals surface area contributed by atoms with Crippen molar-refractivity contribution in [1.82, 2.24) is 14.9 Å². The van der Waals surface area contributed by atoms with E-state index in [-0.39, 0.29) is 5.75 Å². The summed E-state index contributed by atoms with van der Waals surface area (Å²) < 4.78 is 0.887. The van der Waals surface area contributed by atoms with Gasteiger partial charge >= 0.3 is 0 Å². The topological polar surface area (TPSA) is 52.5 Å². The Kier molecular flexibility index (Phi) is 4.31. The summed E-state index contributed by atoms with van der Waals surface area (Å²) in [7, 11) is 2.14. The lowest BCUT2D eigenvalue weighted by molar-refractivity contribution is 0.312. The molecule has 1 fully saturated rings. The Morgan fingerprint density at radius 3 is 2.56 bits per heavy atom. The molecule has 1 saturated heterocycles. The summed E-state index contributed by atoms with van der Waals surface area (Å²) in [6.45, 7) is 3.88. The van der Waals surface area contributed by atoms with Crippen molar-refractivity contribution in [2.24, 2.45) is 0 Å². The number of benzene rings is 2. The predicted molar refractivity (Wildman–Crippen MR) is 104 cm³/mol. The average Bonchev–Trinajstić information content (AvgIpc) is 2.63. The van der Waals surface area contributed by atoms with Crippen LogP contribution in [0, 0.1) is 0 Å². The van der Waals surface area contributed by atoms with Crippen LogP contribution in [0.1, 0.15) is 0 Å². The second kappa shape index (κ2) is 6.61.